The Bertz CT molecular complexity index is 899. The molecular formula is C20H27ClN2O4S. The van der Waals surface area contributed by atoms with E-state index >= 15 is 0 Å². The second kappa shape index (κ2) is 7.69. The molecule has 0 unspecified atom stereocenters. The zero-order valence-corrected chi connectivity index (χ0v) is 18.3. The first kappa shape index (κ1) is 21.1. The highest BCUT2D eigenvalue weighted by Gasteiger charge is 2.41. The molecule has 0 atom stereocenters. The molecule has 1 amide bonds. The zero-order chi connectivity index (χ0) is 20.7. The van der Waals surface area contributed by atoms with Crippen molar-refractivity contribution in [1.82, 2.24) is 4.31 Å². The van der Waals surface area contributed by atoms with Crippen molar-refractivity contribution >= 4 is 33.4 Å². The molecule has 2 aliphatic rings. The van der Waals surface area contributed by atoms with E-state index in [4.69, 9.17) is 16.3 Å². The van der Waals surface area contributed by atoms with Gasteiger partial charge in [0.25, 0.3) is 0 Å². The van der Waals surface area contributed by atoms with E-state index in [1.54, 1.807) is 31.7 Å². The van der Waals surface area contributed by atoms with Crippen LogP contribution in [0.25, 0.3) is 0 Å². The van der Waals surface area contributed by atoms with Gasteiger partial charge in [-0.3, -0.25) is 4.90 Å². The summed E-state index contributed by atoms with van der Waals surface area (Å²) in [7, 11) is -3.55. The second-order valence-corrected chi connectivity index (χ2v) is 11.1. The third-order valence-corrected chi connectivity index (χ3v) is 7.98. The SMILES string of the molecule is C/C(Cl)=C\C(C)(C)S(=O)(=O)N1CCC(N2C(=O)OCc3cc(C)ccc32)CC1. The minimum atomic E-state index is -3.55. The molecule has 0 aromatic heterocycles. The largest absolute Gasteiger partial charge is 0.444 e. The van der Waals surface area contributed by atoms with Crippen LogP contribution < -0.4 is 4.90 Å². The Morgan fingerprint density at radius 2 is 1.93 bits per heavy atom. The van der Waals surface area contributed by atoms with Crippen molar-refractivity contribution in [3.05, 3.63) is 40.4 Å². The topological polar surface area (TPSA) is 66.9 Å². The van der Waals surface area contributed by atoms with Crippen LogP contribution in [-0.4, -0.2) is 42.7 Å². The van der Waals surface area contributed by atoms with Gasteiger partial charge in [-0.1, -0.05) is 29.3 Å². The first-order valence-corrected chi connectivity index (χ1v) is 11.2. The Hall–Kier alpha value is -1.57. The highest BCUT2D eigenvalue weighted by atomic mass is 35.5. The number of hydrogen-bond acceptors (Lipinski definition) is 4. The van der Waals surface area contributed by atoms with Crippen molar-refractivity contribution in [3.8, 4) is 0 Å². The van der Waals surface area contributed by atoms with Gasteiger partial charge in [0.2, 0.25) is 10.0 Å². The molecule has 0 bridgehead atoms. The van der Waals surface area contributed by atoms with Gasteiger partial charge in [-0.25, -0.2) is 17.5 Å². The van der Waals surface area contributed by atoms with Crippen molar-refractivity contribution in [2.24, 2.45) is 0 Å². The van der Waals surface area contributed by atoms with E-state index in [2.05, 4.69) is 0 Å². The molecule has 0 radical (unpaired) electrons. The summed E-state index contributed by atoms with van der Waals surface area (Å²) in [6, 6.07) is 5.87. The number of hydrogen-bond donors (Lipinski definition) is 0. The Morgan fingerprint density at radius 3 is 2.54 bits per heavy atom. The van der Waals surface area contributed by atoms with Crippen molar-refractivity contribution in [1.29, 1.82) is 0 Å². The fourth-order valence-electron chi connectivity index (χ4n) is 3.94. The van der Waals surface area contributed by atoms with Gasteiger partial charge in [-0.2, -0.15) is 0 Å². The number of anilines is 1. The summed E-state index contributed by atoms with van der Waals surface area (Å²) >= 11 is 5.93. The van der Waals surface area contributed by atoms with Gasteiger partial charge in [-0.15, -0.1) is 0 Å². The van der Waals surface area contributed by atoms with Crippen molar-refractivity contribution < 1.29 is 17.9 Å². The number of cyclic esters (lactones) is 1. The molecule has 8 heteroatoms. The first-order valence-electron chi connectivity index (χ1n) is 9.43. The maximum Gasteiger partial charge on any atom is 0.414 e. The van der Waals surface area contributed by atoms with Gasteiger partial charge in [0.05, 0.1) is 5.69 Å². The molecule has 6 nitrogen and oxygen atoms in total. The van der Waals surface area contributed by atoms with Gasteiger partial charge in [0.15, 0.2) is 0 Å². The summed E-state index contributed by atoms with van der Waals surface area (Å²) in [6.45, 7) is 7.97. The number of ether oxygens (including phenoxy) is 1. The van der Waals surface area contributed by atoms with E-state index in [9.17, 15) is 13.2 Å². The van der Waals surface area contributed by atoms with Crippen LogP contribution in [0.15, 0.2) is 29.3 Å². The summed E-state index contributed by atoms with van der Waals surface area (Å²) in [5, 5.41) is 0.450. The average molecular weight is 427 g/mol. The number of rotatable bonds is 4. The molecule has 1 saturated heterocycles. The van der Waals surface area contributed by atoms with Crippen LogP contribution in [0.1, 0.15) is 44.7 Å². The maximum absolute atomic E-state index is 13.0. The molecule has 0 saturated carbocycles. The number of fused-ring (bicyclic) bond motifs is 1. The molecule has 0 spiro atoms. The summed E-state index contributed by atoms with van der Waals surface area (Å²) in [5.41, 5.74) is 2.96. The van der Waals surface area contributed by atoms with Gasteiger partial charge in [-0.05, 0) is 52.7 Å². The fourth-order valence-corrected chi connectivity index (χ4v) is 5.97. The van der Waals surface area contributed by atoms with Crippen molar-refractivity contribution in [2.75, 3.05) is 18.0 Å². The fraction of sp³-hybridized carbons (Fsp3) is 0.550. The monoisotopic (exact) mass is 426 g/mol. The Labute approximate surface area is 172 Å². The molecule has 1 aromatic carbocycles. The number of carbonyl (C=O) groups is 1. The van der Waals surface area contributed by atoms with E-state index in [0.29, 0.717) is 31.0 Å². The van der Waals surface area contributed by atoms with Crippen LogP contribution in [0.4, 0.5) is 10.5 Å². The smallest absolute Gasteiger partial charge is 0.414 e. The van der Waals surface area contributed by atoms with Crippen LogP contribution >= 0.6 is 11.6 Å². The summed E-state index contributed by atoms with van der Waals surface area (Å²) in [5.74, 6) is 0. The van der Waals surface area contributed by atoms with E-state index in [0.717, 1.165) is 16.8 Å². The first-order chi connectivity index (χ1) is 13.0. The van der Waals surface area contributed by atoms with E-state index in [1.165, 1.54) is 4.31 Å². The van der Waals surface area contributed by atoms with E-state index in [-0.39, 0.29) is 18.7 Å². The van der Waals surface area contributed by atoms with Crippen molar-refractivity contribution in [2.45, 2.75) is 57.9 Å². The number of aryl methyl sites for hydroxylation is 1. The Balaban J connectivity index is 1.78. The molecule has 0 N–H and O–H groups in total. The van der Waals surface area contributed by atoms with Crippen LogP contribution in [0.2, 0.25) is 0 Å². The predicted molar refractivity (Wildman–Crippen MR) is 111 cm³/mol. The highest BCUT2D eigenvalue weighted by molar-refractivity contribution is 7.90. The lowest BCUT2D eigenvalue weighted by atomic mass is 10.0. The number of sulfonamides is 1. The molecule has 3 rings (SSSR count). The summed E-state index contributed by atoms with van der Waals surface area (Å²) in [4.78, 5) is 14.1. The summed E-state index contributed by atoms with van der Waals surface area (Å²) in [6.07, 6.45) is 2.32. The van der Waals surface area contributed by atoms with Crippen LogP contribution in [0, 0.1) is 6.92 Å². The number of nitrogens with zero attached hydrogens (tertiary/aromatic N) is 2. The number of halogens is 1. The quantitative estimate of drug-likeness (QED) is 0.724. The minimum absolute atomic E-state index is 0.0888. The van der Waals surface area contributed by atoms with E-state index in [1.807, 2.05) is 25.1 Å². The number of allylic oxidation sites excluding steroid dienone is 1. The highest BCUT2D eigenvalue weighted by Crippen LogP contribution is 2.34. The normalized spacial score (nSPS) is 20.1. The molecule has 0 aliphatic carbocycles. The van der Waals surface area contributed by atoms with Gasteiger partial charge in [0.1, 0.15) is 11.4 Å². The lowest BCUT2D eigenvalue weighted by molar-refractivity contribution is 0.135. The Morgan fingerprint density at radius 1 is 1.29 bits per heavy atom. The van der Waals surface area contributed by atoms with Gasteiger partial charge in [0, 0.05) is 29.7 Å². The molecule has 1 aromatic rings. The maximum atomic E-state index is 13.0. The zero-order valence-electron chi connectivity index (χ0n) is 16.7. The van der Waals surface area contributed by atoms with Crippen LogP contribution in [0.3, 0.4) is 0 Å². The number of piperidine rings is 1. The molecule has 2 heterocycles. The standard InChI is InChI=1S/C20H27ClN2O4S/c1-14-5-6-18-16(11-14)13-27-19(24)23(18)17-7-9-22(10-8-17)28(25,26)20(3,4)12-15(2)21/h5-6,11-12,17H,7-10,13H2,1-4H3/b15-12+. The lowest BCUT2D eigenvalue weighted by Gasteiger charge is -2.41. The van der Waals surface area contributed by atoms with Gasteiger partial charge >= 0.3 is 6.09 Å². The lowest BCUT2D eigenvalue weighted by Crippen LogP contribution is -2.53. The second-order valence-electron chi connectivity index (χ2n) is 8.03. The molecule has 154 valence electrons. The van der Waals surface area contributed by atoms with Gasteiger partial charge < -0.3 is 4.74 Å². The third kappa shape index (κ3) is 3.93. The third-order valence-electron chi connectivity index (χ3n) is 5.38. The van der Waals surface area contributed by atoms with Crippen LogP contribution in [0.5, 0.6) is 0 Å². The number of carbonyl (C=O) groups excluding carboxylic acids is 1. The van der Waals surface area contributed by atoms with Crippen molar-refractivity contribution in [3.63, 3.8) is 0 Å². The average Bonchev–Trinajstić information content (AvgIpc) is 2.61. The van der Waals surface area contributed by atoms with E-state index < -0.39 is 14.8 Å². The minimum Gasteiger partial charge on any atom is -0.444 e. The predicted octanol–water partition coefficient (Wildman–Crippen LogP) is 4.17. The van der Waals surface area contributed by atoms with Crippen LogP contribution in [-0.2, 0) is 21.4 Å². The molecule has 1 fully saturated rings. The number of amides is 1. The summed E-state index contributed by atoms with van der Waals surface area (Å²) < 4.78 is 31.9. The molecular weight excluding hydrogens is 400 g/mol. The Kier molecular flexibility index (Phi) is 5.81. The molecule has 2 aliphatic heterocycles. The number of benzene rings is 1. The molecule has 28 heavy (non-hydrogen) atoms.